The van der Waals surface area contributed by atoms with Gasteiger partial charge in [0.2, 0.25) is 0 Å². The second kappa shape index (κ2) is 6.06. The lowest BCUT2D eigenvalue weighted by Crippen LogP contribution is -1.98. The molecule has 2 nitrogen and oxygen atoms in total. The average Bonchev–Trinajstić information content (AvgIpc) is 2.33. The van der Waals surface area contributed by atoms with Crippen molar-refractivity contribution in [3.63, 3.8) is 0 Å². The first-order valence-electron chi connectivity index (χ1n) is 5.13. The molecular formula is C13H7Cl3O2S. The third-order valence-corrected chi connectivity index (χ3v) is 4.31. The maximum atomic E-state index is 11.1. The molecule has 0 aliphatic rings. The summed E-state index contributed by atoms with van der Waals surface area (Å²) in [6.07, 6.45) is 0. The number of carboxylic acids is 1. The molecule has 0 spiro atoms. The molecule has 0 amide bonds. The number of aromatic carboxylic acids is 1. The minimum Gasteiger partial charge on any atom is -0.478 e. The first-order chi connectivity index (χ1) is 8.97. The van der Waals surface area contributed by atoms with Crippen molar-refractivity contribution < 1.29 is 9.90 Å². The van der Waals surface area contributed by atoms with Gasteiger partial charge in [-0.05, 0) is 36.4 Å². The summed E-state index contributed by atoms with van der Waals surface area (Å²) in [4.78, 5) is 12.5. The number of hydrogen-bond donors (Lipinski definition) is 1. The molecule has 0 radical (unpaired) electrons. The van der Waals surface area contributed by atoms with Crippen molar-refractivity contribution in [1.29, 1.82) is 0 Å². The van der Waals surface area contributed by atoms with Gasteiger partial charge in [-0.2, -0.15) is 0 Å². The zero-order valence-corrected chi connectivity index (χ0v) is 12.4. The highest BCUT2D eigenvalue weighted by Gasteiger charge is 2.12. The van der Waals surface area contributed by atoms with Crippen molar-refractivity contribution >= 4 is 52.5 Å². The number of carbonyl (C=O) groups is 1. The lowest BCUT2D eigenvalue weighted by atomic mass is 10.2. The summed E-state index contributed by atoms with van der Waals surface area (Å²) in [5.41, 5.74) is 0.195. The molecule has 0 fully saturated rings. The predicted octanol–water partition coefficient (Wildman–Crippen LogP) is 5.50. The fraction of sp³-hybridized carbons (Fsp3) is 0. The van der Waals surface area contributed by atoms with Crippen LogP contribution in [0.1, 0.15) is 10.4 Å². The summed E-state index contributed by atoms with van der Waals surface area (Å²) in [6.45, 7) is 0. The highest BCUT2D eigenvalue weighted by Crippen LogP contribution is 2.35. The molecule has 0 unspecified atom stereocenters. The number of hydrogen-bond acceptors (Lipinski definition) is 2. The molecule has 0 heterocycles. The molecule has 0 saturated carbocycles. The molecule has 0 bridgehead atoms. The minimum atomic E-state index is -1.00. The Morgan fingerprint density at radius 1 is 1.00 bits per heavy atom. The highest BCUT2D eigenvalue weighted by atomic mass is 35.5. The number of benzene rings is 2. The summed E-state index contributed by atoms with van der Waals surface area (Å²) in [6, 6.07) is 9.75. The van der Waals surface area contributed by atoms with Crippen LogP contribution in [0.2, 0.25) is 15.1 Å². The van der Waals surface area contributed by atoms with Gasteiger partial charge in [0.25, 0.3) is 0 Å². The first-order valence-corrected chi connectivity index (χ1v) is 7.08. The van der Waals surface area contributed by atoms with Gasteiger partial charge in [0.15, 0.2) is 0 Å². The Kier molecular flexibility index (Phi) is 4.63. The zero-order chi connectivity index (χ0) is 14.0. The van der Waals surface area contributed by atoms with Crippen LogP contribution in [-0.2, 0) is 0 Å². The van der Waals surface area contributed by atoms with Crippen LogP contribution in [0.15, 0.2) is 46.2 Å². The van der Waals surface area contributed by atoms with Crippen molar-refractivity contribution in [2.45, 2.75) is 9.79 Å². The number of carboxylic acid groups (broad SMARTS) is 1. The maximum absolute atomic E-state index is 11.1. The lowest BCUT2D eigenvalue weighted by molar-refractivity contribution is 0.0693. The Hall–Kier alpha value is -0.870. The van der Waals surface area contributed by atoms with E-state index in [9.17, 15) is 4.79 Å². The predicted molar refractivity (Wildman–Crippen MR) is 79.0 cm³/mol. The van der Waals surface area contributed by atoms with Crippen molar-refractivity contribution in [1.82, 2.24) is 0 Å². The lowest BCUT2D eigenvalue weighted by Gasteiger charge is -2.07. The summed E-state index contributed by atoms with van der Waals surface area (Å²) < 4.78 is 0. The average molecular weight is 334 g/mol. The number of halogens is 3. The summed E-state index contributed by atoms with van der Waals surface area (Å²) in [5, 5.41) is 10.5. The molecule has 2 rings (SSSR count). The van der Waals surface area contributed by atoms with E-state index >= 15 is 0 Å². The molecule has 0 saturated heterocycles. The van der Waals surface area contributed by atoms with Gasteiger partial charge in [-0.1, -0.05) is 46.6 Å². The first kappa shape index (κ1) is 14.5. The third-order valence-electron chi connectivity index (χ3n) is 2.29. The summed E-state index contributed by atoms with van der Waals surface area (Å²) in [7, 11) is 0. The Labute approximate surface area is 129 Å². The van der Waals surface area contributed by atoms with Crippen LogP contribution in [0.5, 0.6) is 0 Å². The normalized spacial score (nSPS) is 10.5. The van der Waals surface area contributed by atoms with Crippen molar-refractivity contribution in [3.8, 4) is 0 Å². The Bertz CT molecular complexity index is 644. The minimum absolute atomic E-state index is 0.195. The van der Waals surface area contributed by atoms with Gasteiger partial charge in [0, 0.05) is 14.8 Å². The van der Waals surface area contributed by atoms with Gasteiger partial charge in [0.05, 0.1) is 15.6 Å². The van der Waals surface area contributed by atoms with Crippen LogP contribution in [0.25, 0.3) is 0 Å². The largest absolute Gasteiger partial charge is 0.478 e. The Morgan fingerprint density at radius 3 is 2.37 bits per heavy atom. The fourth-order valence-electron chi connectivity index (χ4n) is 1.42. The van der Waals surface area contributed by atoms with Gasteiger partial charge >= 0.3 is 5.97 Å². The van der Waals surface area contributed by atoms with Gasteiger partial charge in [0.1, 0.15) is 0 Å². The van der Waals surface area contributed by atoms with Crippen molar-refractivity contribution in [2.75, 3.05) is 0 Å². The van der Waals surface area contributed by atoms with E-state index < -0.39 is 5.97 Å². The molecule has 2 aromatic carbocycles. The van der Waals surface area contributed by atoms with E-state index in [1.807, 2.05) is 0 Å². The molecule has 0 atom stereocenters. The Morgan fingerprint density at radius 2 is 1.74 bits per heavy atom. The highest BCUT2D eigenvalue weighted by molar-refractivity contribution is 7.99. The van der Waals surface area contributed by atoms with Crippen LogP contribution >= 0.6 is 46.6 Å². The molecule has 19 heavy (non-hydrogen) atoms. The van der Waals surface area contributed by atoms with E-state index in [0.29, 0.717) is 20.0 Å². The van der Waals surface area contributed by atoms with Gasteiger partial charge in [-0.15, -0.1) is 0 Å². The van der Waals surface area contributed by atoms with E-state index in [1.54, 1.807) is 30.3 Å². The van der Waals surface area contributed by atoms with Gasteiger partial charge < -0.3 is 5.11 Å². The van der Waals surface area contributed by atoms with Crippen LogP contribution in [0, 0.1) is 0 Å². The smallest absolute Gasteiger partial charge is 0.336 e. The summed E-state index contributed by atoms with van der Waals surface area (Å²) >= 11 is 18.9. The van der Waals surface area contributed by atoms with Crippen LogP contribution in [0.4, 0.5) is 0 Å². The van der Waals surface area contributed by atoms with E-state index in [1.165, 1.54) is 17.8 Å². The molecule has 2 aromatic rings. The van der Waals surface area contributed by atoms with Crippen molar-refractivity contribution in [3.05, 3.63) is 57.0 Å². The Balaban J connectivity index is 2.39. The third kappa shape index (κ3) is 3.57. The quantitative estimate of drug-likeness (QED) is 0.806. The molecule has 0 aliphatic carbocycles. The SMILES string of the molecule is O=C(O)c1ccc(Cl)cc1Sc1ccc(Cl)c(Cl)c1. The van der Waals surface area contributed by atoms with Gasteiger partial charge in [-0.3, -0.25) is 0 Å². The monoisotopic (exact) mass is 332 g/mol. The molecule has 0 aliphatic heterocycles. The molecule has 0 aromatic heterocycles. The number of rotatable bonds is 3. The van der Waals surface area contributed by atoms with Gasteiger partial charge in [-0.25, -0.2) is 4.79 Å². The standard InChI is InChI=1S/C13H7Cl3O2S/c14-7-1-3-9(13(17)18)12(5-7)19-8-2-4-10(15)11(16)6-8/h1-6H,(H,17,18). The molecule has 6 heteroatoms. The maximum Gasteiger partial charge on any atom is 0.336 e. The molecule has 98 valence electrons. The van der Waals surface area contributed by atoms with E-state index in [-0.39, 0.29) is 5.56 Å². The van der Waals surface area contributed by atoms with Crippen molar-refractivity contribution in [2.24, 2.45) is 0 Å². The van der Waals surface area contributed by atoms with E-state index in [2.05, 4.69) is 0 Å². The zero-order valence-electron chi connectivity index (χ0n) is 9.36. The summed E-state index contributed by atoms with van der Waals surface area (Å²) in [5.74, 6) is -1.00. The van der Waals surface area contributed by atoms with Crippen LogP contribution < -0.4 is 0 Å². The molecule has 1 N–H and O–H groups in total. The van der Waals surface area contributed by atoms with E-state index in [4.69, 9.17) is 39.9 Å². The molecular weight excluding hydrogens is 327 g/mol. The van der Waals surface area contributed by atoms with Crippen LogP contribution in [-0.4, -0.2) is 11.1 Å². The van der Waals surface area contributed by atoms with Crippen LogP contribution in [0.3, 0.4) is 0 Å². The fourth-order valence-corrected chi connectivity index (χ4v) is 3.04. The van der Waals surface area contributed by atoms with E-state index in [0.717, 1.165) is 4.90 Å². The second-order valence-electron chi connectivity index (χ2n) is 3.62. The topological polar surface area (TPSA) is 37.3 Å². The second-order valence-corrected chi connectivity index (χ2v) is 5.99.